The summed E-state index contributed by atoms with van der Waals surface area (Å²) in [5.41, 5.74) is 0.448. The van der Waals surface area contributed by atoms with Crippen LogP contribution < -0.4 is 5.32 Å². The molecule has 0 aliphatic rings. The van der Waals surface area contributed by atoms with E-state index in [0.717, 1.165) is 12.0 Å². The van der Waals surface area contributed by atoms with Crippen molar-refractivity contribution >= 4 is 0 Å². The first-order valence-corrected chi connectivity index (χ1v) is 7.08. The van der Waals surface area contributed by atoms with Crippen molar-refractivity contribution in [2.75, 3.05) is 6.54 Å². The molecule has 0 fully saturated rings. The van der Waals surface area contributed by atoms with Crippen LogP contribution in [0.3, 0.4) is 0 Å². The summed E-state index contributed by atoms with van der Waals surface area (Å²) < 4.78 is 0. The minimum absolute atomic E-state index is 0.448. The second-order valence-electron chi connectivity index (χ2n) is 6.74. The minimum atomic E-state index is 0.448. The molecule has 0 aromatic rings. The zero-order valence-corrected chi connectivity index (χ0v) is 12.4. The fourth-order valence-corrected chi connectivity index (χ4v) is 2.14. The van der Waals surface area contributed by atoms with Gasteiger partial charge < -0.3 is 5.32 Å². The Morgan fingerprint density at radius 2 is 1.69 bits per heavy atom. The minimum Gasteiger partial charge on any atom is -0.314 e. The summed E-state index contributed by atoms with van der Waals surface area (Å²) in [5.74, 6) is 0.849. The van der Waals surface area contributed by atoms with Gasteiger partial charge in [0.2, 0.25) is 0 Å². The average Bonchev–Trinajstić information content (AvgIpc) is 2.11. The summed E-state index contributed by atoms with van der Waals surface area (Å²) in [5, 5.41) is 3.70. The highest BCUT2D eigenvalue weighted by atomic mass is 14.9. The van der Waals surface area contributed by atoms with Gasteiger partial charge in [0, 0.05) is 6.04 Å². The molecule has 0 amide bonds. The molecule has 1 heteroatoms. The van der Waals surface area contributed by atoms with E-state index in [1.54, 1.807) is 0 Å². The Labute approximate surface area is 103 Å². The molecule has 0 rings (SSSR count). The molecule has 16 heavy (non-hydrogen) atoms. The molecule has 0 bridgehead atoms. The lowest BCUT2D eigenvalue weighted by atomic mass is 9.86. The van der Waals surface area contributed by atoms with Crippen molar-refractivity contribution in [3.8, 4) is 0 Å². The van der Waals surface area contributed by atoms with Crippen LogP contribution in [0.5, 0.6) is 0 Å². The largest absolute Gasteiger partial charge is 0.314 e. The van der Waals surface area contributed by atoms with Gasteiger partial charge in [-0.05, 0) is 37.1 Å². The van der Waals surface area contributed by atoms with Crippen molar-refractivity contribution in [1.29, 1.82) is 0 Å². The molecule has 0 heterocycles. The first kappa shape index (κ1) is 16.0. The molecule has 1 nitrogen and oxygen atoms in total. The predicted molar refractivity (Wildman–Crippen MR) is 74.8 cm³/mol. The van der Waals surface area contributed by atoms with Gasteiger partial charge in [-0.2, -0.15) is 0 Å². The summed E-state index contributed by atoms with van der Waals surface area (Å²) in [6.07, 6.45) is 6.62. The Morgan fingerprint density at radius 1 is 1.06 bits per heavy atom. The van der Waals surface area contributed by atoms with Gasteiger partial charge in [-0.1, -0.05) is 54.4 Å². The van der Waals surface area contributed by atoms with Crippen LogP contribution in [0.15, 0.2) is 0 Å². The van der Waals surface area contributed by atoms with Crippen molar-refractivity contribution < 1.29 is 0 Å². The molecule has 98 valence electrons. The molecule has 1 N–H and O–H groups in total. The molecule has 0 saturated heterocycles. The van der Waals surface area contributed by atoms with Gasteiger partial charge in [0.05, 0.1) is 0 Å². The first-order chi connectivity index (χ1) is 7.35. The van der Waals surface area contributed by atoms with Crippen molar-refractivity contribution in [3.05, 3.63) is 0 Å². The van der Waals surface area contributed by atoms with Crippen LogP contribution in [0.4, 0.5) is 0 Å². The number of nitrogens with one attached hydrogen (secondary N) is 1. The number of hydrogen-bond donors (Lipinski definition) is 1. The van der Waals surface area contributed by atoms with Crippen molar-refractivity contribution in [3.63, 3.8) is 0 Å². The lowest BCUT2D eigenvalue weighted by Gasteiger charge is -2.27. The summed E-state index contributed by atoms with van der Waals surface area (Å²) >= 11 is 0. The maximum Gasteiger partial charge on any atom is 0.00720 e. The normalized spacial score (nSPS) is 14.4. The molecule has 0 aromatic carbocycles. The summed E-state index contributed by atoms with van der Waals surface area (Å²) in [6.45, 7) is 15.1. The molecule has 0 aliphatic heterocycles. The first-order valence-electron chi connectivity index (χ1n) is 7.08. The van der Waals surface area contributed by atoms with Crippen LogP contribution in [0, 0.1) is 11.3 Å². The van der Waals surface area contributed by atoms with Gasteiger partial charge in [0.15, 0.2) is 0 Å². The maximum atomic E-state index is 3.70. The number of rotatable bonds is 8. The van der Waals surface area contributed by atoms with Gasteiger partial charge in [-0.25, -0.2) is 0 Å². The monoisotopic (exact) mass is 227 g/mol. The Morgan fingerprint density at radius 3 is 2.12 bits per heavy atom. The second-order valence-corrected chi connectivity index (χ2v) is 6.74. The molecule has 0 radical (unpaired) electrons. The van der Waals surface area contributed by atoms with Gasteiger partial charge in [0.25, 0.3) is 0 Å². The van der Waals surface area contributed by atoms with Crippen LogP contribution >= 0.6 is 0 Å². The Balaban J connectivity index is 3.90. The highest BCUT2D eigenvalue weighted by Gasteiger charge is 2.17. The van der Waals surface area contributed by atoms with Crippen LogP contribution in [0.25, 0.3) is 0 Å². The Kier molecular flexibility index (Phi) is 8.09. The van der Waals surface area contributed by atoms with Crippen molar-refractivity contribution in [1.82, 2.24) is 5.32 Å². The lowest BCUT2D eigenvalue weighted by Crippen LogP contribution is -2.33. The van der Waals surface area contributed by atoms with Gasteiger partial charge in [-0.15, -0.1) is 0 Å². The third-order valence-corrected chi connectivity index (χ3v) is 2.88. The summed E-state index contributed by atoms with van der Waals surface area (Å²) in [4.78, 5) is 0. The van der Waals surface area contributed by atoms with Crippen LogP contribution in [-0.4, -0.2) is 12.6 Å². The molecule has 1 unspecified atom stereocenters. The molecular weight excluding hydrogens is 194 g/mol. The van der Waals surface area contributed by atoms with E-state index in [2.05, 4.69) is 46.9 Å². The maximum absolute atomic E-state index is 3.70. The standard InChI is InChI=1S/C15H33N/c1-7-11-16-14(12-15(4,5)6)10-8-9-13(2)3/h13-14,16H,7-12H2,1-6H3. The predicted octanol–water partition coefficient (Wildman–Crippen LogP) is 4.62. The molecule has 0 spiro atoms. The molecule has 0 saturated carbocycles. The molecular formula is C15H33N. The number of hydrogen-bond acceptors (Lipinski definition) is 1. The van der Waals surface area contributed by atoms with Crippen LogP contribution in [-0.2, 0) is 0 Å². The third-order valence-electron chi connectivity index (χ3n) is 2.88. The highest BCUT2D eigenvalue weighted by Crippen LogP contribution is 2.23. The quantitative estimate of drug-likeness (QED) is 0.638. The van der Waals surface area contributed by atoms with E-state index in [-0.39, 0.29) is 0 Å². The Bertz CT molecular complexity index is 155. The van der Waals surface area contributed by atoms with Crippen molar-refractivity contribution in [2.24, 2.45) is 11.3 Å². The molecule has 0 aliphatic carbocycles. The van der Waals surface area contributed by atoms with Crippen LogP contribution in [0.2, 0.25) is 0 Å². The zero-order valence-electron chi connectivity index (χ0n) is 12.4. The lowest BCUT2D eigenvalue weighted by molar-refractivity contribution is 0.291. The molecule has 1 atom stereocenters. The van der Waals surface area contributed by atoms with E-state index in [1.165, 1.54) is 38.6 Å². The summed E-state index contributed by atoms with van der Waals surface area (Å²) in [6, 6.07) is 0.721. The van der Waals surface area contributed by atoms with Crippen LogP contribution in [0.1, 0.15) is 73.6 Å². The second kappa shape index (κ2) is 8.11. The zero-order chi connectivity index (χ0) is 12.6. The topological polar surface area (TPSA) is 12.0 Å². The fraction of sp³-hybridized carbons (Fsp3) is 1.00. The smallest absolute Gasteiger partial charge is 0.00720 e. The van der Waals surface area contributed by atoms with Gasteiger partial charge in [0.1, 0.15) is 0 Å². The average molecular weight is 227 g/mol. The van der Waals surface area contributed by atoms with E-state index in [4.69, 9.17) is 0 Å². The van der Waals surface area contributed by atoms with E-state index < -0.39 is 0 Å². The van der Waals surface area contributed by atoms with Crippen molar-refractivity contribution in [2.45, 2.75) is 79.7 Å². The third kappa shape index (κ3) is 10.5. The SMILES string of the molecule is CCCNC(CCCC(C)C)CC(C)(C)C. The van der Waals surface area contributed by atoms with Gasteiger partial charge in [-0.3, -0.25) is 0 Å². The fourth-order valence-electron chi connectivity index (χ4n) is 2.14. The molecule has 0 aromatic heterocycles. The van der Waals surface area contributed by atoms with E-state index >= 15 is 0 Å². The highest BCUT2D eigenvalue weighted by molar-refractivity contribution is 4.74. The van der Waals surface area contributed by atoms with Gasteiger partial charge >= 0.3 is 0 Å². The van der Waals surface area contributed by atoms with E-state index in [0.29, 0.717) is 5.41 Å². The van der Waals surface area contributed by atoms with E-state index in [9.17, 15) is 0 Å². The summed E-state index contributed by atoms with van der Waals surface area (Å²) in [7, 11) is 0. The van der Waals surface area contributed by atoms with E-state index in [1.807, 2.05) is 0 Å². The Hall–Kier alpha value is -0.0400.